The van der Waals surface area contributed by atoms with Crippen molar-refractivity contribution in [2.24, 2.45) is 0 Å². The van der Waals surface area contributed by atoms with E-state index in [4.69, 9.17) is 10.5 Å². The fraction of sp³-hybridized carbons (Fsp3) is 0.0833. The van der Waals surface area contributed by atoms with E-state index in [1.165, 1.54) is 19.2 Å². The van der Waals surface area contributed by atoms with E-state index in [-0.39, 0.29) is 10.6 Å². The molecular weight excluding hydrogens is 285 g/mol. The van der Waals surface area contributed by atoms with Gasteiger partial charge in [-0.05, 0) is 24.3 Å². The van der Waals surface area contributed by atoms with E-state index in [0.29, 0.717) is 11.4 Å². The number of aromatic nitrogens is 1. The Bertz CT molecular complexity index is 734. The maximum Gasteiger partial charge on any atom is 0.263 e. The zero-order valence-corrected chi connectivity index (χ0v) is 11.3. The van der Waals surface area contributed by atoms with Gasteiger partial charge in [0.05, 0.1) is 19.0 Å². The van der Waals surface area contributed by atoms with Crippen molar-refractivity contribution in [2.75, 3.05) is 17.6 Å². The van der Waals surface area contributed by atoms with Gasteiger partial charge in [-0.25, -0.2) is 12.8 Å². The molecule has 106 valence electrons. The predicted octanol–water partition coefficient (Wildman–Crippen LogP) is 1.61. The van der Waals surface area contributed by atoms with E-state index in [2.05, 4.69) is 9.71 Å². The van der Waals surface area contributed by atoms with Crippen molar-refractivity contribution >= 4 is 21.4 Å². The summed E-state index contributed by atoms with van der Waals surface area (Å²) in [5.41, 5.74) is 6.13. The molecule has 1 aromatic carbocycles. The van der Waals surface area contributed by atoms with Crippen LogP contribution in [-0.4, -0.2) is 20.5 Å². The van der Waals surface area contributed by atoms with Gasteiger partial charge in [0.2, 0.25) is 0 Å². The van der Waals surface area contributed by atoms with E-state index < -0.39 is 15.8 Å². The number of hydrogen-bond donors (Lipinski definition) is 2. The van der Waals surface area contributed by atoms with Crippen LogP contribution < -0.4 is 15.2 Å². The highest BCUT2D eigenvalue weighted by atomic mass is 32.2. The van der Waals surface area contributed by atoms with Crippen LogP contribution in [0.15, 0.2) is 41.6 Å². The number of anilines is 2. The van der Waals surface area contributed by atoms with E-state index in [1.807, 2.05) is 0 Å². The zero-order chi connectivity index (χ0) is 14.8. The molecule has 0 aliphatic heterocycles. The molecule has 0 aliphatic rings. The summed E-state index contributed by atoms with van der Waals surface area (Å²) in [5.74, 6) is -0.445. The van der Waals surface area contributed by atoms with Gasteiger partial charge in [0, 0.05) is 11.9 Å². The van der Waals surface area contributed by atoms with Crippen LogP contribution in [0.1, 0.15) is 0 Å². The third kappa shape index (κ3) is 2.97. The molecule has 0 unspecified atom stereocenters. The SMILES string of the molecule is COc1ccc(N)cc1NS(=O)(=O)c1cncc(F)c1. The lowest BCUT2D eigenvalue weighted by Gasteiger charge is -2.12. The van der Waals surface area contributed by atoms with Gasteiger partial charge in [-0.3, -0.25) is 9.71 Å². The van der Waals surface area contributed by atoms with Crippen molar-refractivity contribution in [1.29, 1.82) is 0 Å². The summed E-state index contributed by atoms with van der Waals surface area (Å²) in [6.07, 6.45) is 1.96. The summed E-state index contributed by atoms with van der Waals surface area (Å²) in [6.45, 7) is 0. The Balaban J connectivity index is 2.40. The Labute approximate surface area is 115 Å². The number of benzene rings is 1. The number of nitrogens with one attached hydrogen (secondary N) is 1. The first-order chi connectivity index (χ1) is 9.42. The summed E-state index contributed by atoms with van der Waals surface area (Å²) < 4.78 is 44.6. The lowest BCUT2D eigenvalue weighted by atomic mass is 10.2. The van der Waals surface area contributed by atoms with E-state index in [0.717, 1.165) is 18.5 Å². The highest BCUT2D eigenvalue weighted by molar-refractivity contribution is 7.92. The fourth-order valence-electron chi connectivity index (χ4n) is 1.55. The normalized spacial score (nSPS) is 11.1. The molecule has 0 saturated carbocycles. The summed E-state index contributed by atoms with van der Waals surface area (Å²) in [4.78, 5) is 3.21. The first kappa shape index (κ1) is 14.1. The van der Waals surface area contributed by atoms with Crippen LogP contribution in [0.5, 0.6) is 5.75 Å². The van der Waals surface area contributed by atoms with Crippen LogP contribution in [0.2, 0.25) is 0 Å². The van der Waals surface area contributed by atoms with E-state index >= 15 is 0 Å². The van der Waals surface area contributed by atoms with Crippen LogP contribution in [-0.2, 0) is 10.0 Å². The van der Waals surface area contributed by atoms with Crippen LogP contribution in [0, 0.1) is 5.82 Å². The van der Waals surface area contributed by atoms with Crippen molar-refractivity contribution in [3.63, 3.8) is 0 Å². The minimum absolute atomic E-state index is 0.164. The van der Waals surface area contributed by atoms with Gasteiger partial charge in [0.25, 0.3) is 10.0 Å². The third-order valence-electron chi connectivity index (χ3n) is 2.46. The largest absolute Gasteiger partial charge is 0.495 e. The lowest BCUT2D eigenvalue weighted by molar-refractivity contribution is 0.417. The van der Waals surface area contributed by atoms with Crippen LogP contribution in [0.3, 0.4) is 0 Å². The number of nitrogens with zero attached hydrogens (tertiary/aromatic N) is 1. The Kier molecular flexibility index (Phi) is 3.75. The van der Waals surface area contributed by atoms with Crippen molar-refractivity contribution in [1.82, 2.24) is 4.98 Å². The molecule has 0 aliphatic carbocycles. The van der Waals surface area contributed by atoms with Crippen molar-refractivity contribution < 1.29 is 17.5 Å². The maximum absolute atomic E-state index is 13.0. The number of methoxy groups -OCH3 is 1. The highest BCUT2D eigenvalue weighted by Crippen LogP contribution is 2.28. The van der Waals surface area contributed by atoms with Crippen LogP contribution >= 0.6 is 0 Å². The molecule has 0 radical (unpaired) electrons. The Morgan fingerprint density at radius 3 is 2.70 bits per heavy atom. The van der Waals surface area contributed by atoms with Gasteiger partial charge < -0.3 is 10.5 Å². The number of halogens is 1. The number of sulfonamides is 1. The quantitative estimate of drug-likeness (QED) is 0.836. The number of rotatable bonds is 4. The molecule has 3 N–H and O–H groups in total. The number of nitrogens with two attached hydrogens (primary N) is 1. The topological polar surface area (TPSA) is 94.3 Å². The van der Waals surface area contributed by atoms with Crippen molar-refractivity contribution in [3.05, 3.63) is 42.5 Å². The predicted molar refractivity (Wildman–Crippen MR) is 72.4 cm³/mol. The fourth-order valence-corrected chi connectivity index (χ4v) is 2.58. The summed E-state index contributed by atoms with van der Waals surface area (Å²) in [6, 6.07) is 5.37. The average molecular weight is 297 g/mol. The molecular formula is C12H12FN3O3S. The van der Waals surface area contributed by atoms with Crippen molar-refractivity contribution in [2.45, 2.75) is 4.90 Å². The Morgan fingerprint density at radius 1 is 1.30 bits per heavy atom. The standard InChI is InChI=1S/C12H12FN3O3S/c1-19-12-3-2-9(14)5-11(12)16-20(17,18)10-4-8(13)6-15-7-10/h2-7,16H,14H2,1H3. The second kappa shape index (κ2) is 5.33. The van der Waals surface area contributed by atoms with Gasteiger partial charge >= 0.3 is 0 Å². The maximum atomic E-state index is 13.0. The van der Waals surface area contributed by atoms with E-state index in [1.54, 1.807) is 6.07 Å². The van der Waals surface area contributed by atoms with Gasteiger partial charge in [0.15, 0.2) is 0 Å². The number of pyridine rings is 1. The molecule has 0 atom stereocenters. The molecule has 2 rings (SSSR count). The third-order valence-corrected chi connectivity index (χ3v) is 3.79. The monoisotopic (exact) mass is 297 g/mol. The summed E-state index contributed by atoms with van der Waals surface area (Å²) >= 11 is 0. The summed E-state index contributed by atoms with van der Waals surface area (Å²) in [5, 5.41) is 0. The number of ether oxygens (including phenoxy) is 1. The molecule has 8 heteroatoms. The molecule has 0 amide bonds. The van der Waals surface area contributed by atoms with Gasteiger partial charge in [-0.1, -0.05) is 0 Å². The van der Waals surface area contributed by atoms with Crippen molar-refractivity contribution in [3.8, 4) is 5.75 Å². The molecule has 1 aromatic heterocycles. The molecule has 0 fully saturated rings. The second-order valence-electron chi connectivity index (χ2n) is 3.90. The molecule has 0 saturated heterocycles. The van der Waals surface area contributed by atoms with Gasteiger partial charge in [0.1, 0.15) is 16.5 Å². The molecule has 20 heavy (non-hydrogen) atoms. The molecule has 6 nitrogen and oxygen atoms in total. The molecule has 1 heterocycles. The summed E-state index contributed by atoms with van der Waals surface area (Å²) in [7, 11) is -2.58. The number of nitrogen functional groups attached to an aromatic ring is 1. The minimum Gasteiger partial charge on any atom is -0.495 e. The van der Waals surface area contributed by atoms with Gasteiger partial charge in [-0.15, -0.1) is 0 Å². The lowest BCUT2D eigenvalue weighted by Crippen LogP contribution is -2.14. The molecule has 0 bridgehead atoms. The molecule has 2 aromatic rings. The first-order valence-corrected chi connectivity index (χ1v) is 6.97. The molecule has 0 spiro atoms. The van der Waals surface area contributed by atoms with Gasteiger partial charge in [-0.2, -0.15) is 0 Å². The zero-order valence-electron chi connectivity index (χ0n) is 10.5. The second-order valence-corrected chi connectivity index (χ2v) is 5.59. The Hall–Kier alpha value is -2.35. The highest BCUT2D eigenvalue weighted by Gasteiger charge is 2.17. The van der Waals surface area contributed by atoms with Crippen LogP contribution in [0.25, 0.3) is 0 Å². The Morgan fingerprint density at radius 2 is 2.05 bits per heavy atom. The minimum atomic E-state index is -3.97. The first-order valence-electron chi connectivity index (χ1n) is 5.49. The average Bonchev–Trinajstić information content (AvgIpc) is 2.38. The van der Waals surface area contributed by atoms with E-state index in [9.17, 15) is 12.8 Å². The smallest absolute Gasteiger partial charge is 0.263 e. The number of hydrogen-bond acceptors (Lipinski definition) is 5. The van der Waals surface area contributed by atoms with Crippen LogP contribution in [0.4, 0.5) is 15.8 Å².